The zero-order valence-electron chi connectivity index (χ0n) is 21.1. The second kappa shape index (κ2) is 6.36. The van der Waals surface area contributed by atoms with Crippen LogP contribution in [0.3, 0.4) is 0 Å². The van der Waals surface area contributed by atoms with E-state index in [2.05, 4.69) is 0 Å². The number of ether oxygens (including phenoxy) is 5. The summed E-state index contributed by atoms with van der Waals surface area (Å²) in [6.07, 6.45) is -1.94. The third kappa shape index (κ3) is 2.21. The molecule has 1 saturated carbocycles. The monoisotopic (exact) mass is 488 g/mol. The van der Waals surface area contributed by atoms with Gasteiger partial charge in [-0.25, -0.2) is 0 Å². The Morgan fingerprint density at radius 2 is 1.83 bits per heavy atom. The van der Waals surface area contributed by atoms with E-state index < -0.39 is 64.0 Å². The summed E-state index contributed by atoms with van der Waals surface area (Å²) in [5.41, 5.74) is -1.41. The maximum absolute atomic E-state index is 14.1. The van der Waals surface area contributed by atoms with Crippen LogP contribution in [-0.2, 0) is 38.1 Å². The van der Waals surface area contributed by atoms with Gasteiger partial charge in [0, 0.05) is 11.8 Å². The molecular weight excluding hydrogens is 456 g/mol. The summed E-state index contributed by atoms with van der Waals surface area (Å²) in [4.78, 5) is 40.0. The molecule has 3 saturated heterocycles. The van der Waals surface area contributed by atoms with Crippen LogP contribution in [0.4, 0.5) is 0 Å². The number of allylic oxidation sites excluding steroid dienone is 1. The Morgan fingerprint density at radius 1 is 1.14 bits per heavy atom. The minimum Gasteiger partial charge on any atom is -0.468 e. The van der Waals surface area contributed by atoms with Crippen molar-refractivity contribution in [3.05, 3.63) is 22.3 Å². The van der Waals surface area contributed by atoms with Crippen molar-refractivity contribution < 1.29 is 43.2 Å². The number of rotatable bonds is 1. The van der Waals surface area contributed by atoms with Gasteiger partial charge >= 0.3 is 17.9 Å². The molecule has 1 N–H and O–H groups in total. The zero-order chi connectivity index (χ0) is 25.5. The van der Waals surface area contributed by atoms with Gasteiger partial charge in [-0.2, -0.15) is 0 Å². The van der Waals surface area contributed by atoms with Crippen LogP contribution in [0.2, 0.25) is 0 Å². The van der Waals surface area contributed by atoms with Crippen LogP contribution in [0.15, 0.2) is 22.3 Å². The Bertz CT molecular complexity index is 1170. The highest BCUT2D eigenvalue weighted by Crippen LogP contribution is 2.78. The molecule has 8 atom stereocenters. The Labute approximate surface area is 203 Å². The molecule has 0 aromatic carbocycles. The van der Waals surface area contributed by atoms with Gasteiger partial charge in [0.15, 0.2) is 0 Å². The summed E-state index contributed by atoms with van der Waals surface area (Å²) < 4.78 is 29.4. The quantitative estimate of drug-likeness (QED) is 0.438. The lowest BCUT2D eigenvalue weighted by atomic mass is 9.40. The van der Waals surface area contributed by atoms with Crippen LogP contribution in [0, 0.1) is 22.2 Å². The van der Waals surface area contributed by atoms with E-state index in [0.29, 0.717) is 6.42 Å². The average molecular weight is 489 g/mol. The van der Waals surface area contributed by atoms with E-state index in [4.69, 9.17) is 23.7 Å². The van der Waals surface area contributed by atoms with Crippen LogP contribution in [0.1, 0.15) is 60.8 Å². The summed E-state index contributed by atoms with van der Waals surface area (Å²) in [5, 5.41) is 12.3. The number of cyclic esters (lactones) is 1. The molecule has 4 heterocycles. The molecule has 0 radical (unpaired) electrons. The van der Waals surface area contributed by atoms with Gasteiger partial charge in [-0.15, -0.1) is 0 Å². The predicted molar refractivity (Wildman–Crippen MR) is 118 cm³/mol. The molecule has 4 aliphatic heterocycles. The molecule has 0 spiro atoms. The van der Waals surface area contributed by atoms with Gasteiger partial charge in [0.25, 0.3) is 0 Å². The van der Waals surface area contributed by atoms with Crippen molar-refractivity contribution in [2.75, 3.05) is 7.11 Å². The van der Waals surface area contributed by atoms with E-state index in [1.54, 1.807) is 13.8 Å². The molecule has 35 heavy (non-hydrogen) atoms. The van der Waals surface area contributed by atoms with Crippen LogP contribution >= 0.6 is 0 Å². The molecular formula is C26H32O9. The standard InChI is InChI=1S/C26H32O9/c1-11-13-8-17(27)35-22(3,4)14(13)9-16-24(6)15(11)10-23(5)18-19(33-20(23)28)32-12(2)26(30,34-16)25(18,24)21(29)31-7/h12,16,18-19,30H,8-10H2,1-7H3/t12-,16-,18+,19+,23+,24+,25-,26+/m0/s1. The number of hydrogen-bond acceptors (Lipinski definition) is 9. The summed E-state index contributed by atoms with van der Waals surface area (Å²) in [7, 11) is 1.28. The SMILES string of the molecule is COC(=O)[C@]12[C@@H]3[C@H]4OC(=O)[C@]3(C)CC3=C(C)C5=C(C[C@H](O[C@]1(O)[C@H](C)O4)[C@@]32C)C(C)(C)OC(=O)C5. The Morgan fingerprint density at radius 3 is 2.49 bits per heavy atom. The first kappa shape index (κ1) is 23.2. The third-order valence-electron chi connectivity index (χ3n) is 10.1. The van der Waals surface area contributed by atoms with E-state index in [0.717, 1.165) is 22.3 Å². The molecule has 0 bridgehead atoms. The number of aliphatic hydroxyl groups is 1. The predicted octanol–water partition coefficient (Wildman–Crippen LogP) is 2.31. The fourth-order valence-corrected chi connectivity index (χ4v) is 8.50. The molecule has 4 fully saturated rings. The number of hydrogen-bond donors (Lipinski definition) is 1. The molecule has 0 amide bonds. The minimum atomic E-state index is -2.07. The molecule has 190 valence electrons. The number of esters is 3. The van der Waals surface area contributed by atoms with E-state index in [1.807, 2.05) is 27.7 Å². The third-order valence-corrected chi connectivity index (χ3v) is 10.1. The molecule has 0 unspecified atom stereocenters. The topological polar surface area (TPSA) is 118 Å². The number of methoxy groups -OCH3 is 1. The van der Waals surface area contributed by atoms with Gasteiger partial charge < -0.3 is 28.8 Å². The van der Waals surface area contributed by atoms with Gasteiger partial charge in [0.1, 0.15) is 17.1 Å². The van der Waals surface area contributed by atoms with Crippen molar-refractivity contribution in [2.24, 2.45) is 22.2 Å². The number of carbonyl (C=O) groups excluding carboxylic acids is 3. The number of carbonyl (C=O) groups is 3. The molecule has 6 rings (SSSR count). The fraction of sp³-hybridized carbons (Fsp3) is 0.731. The largest absolute Gasteiger partial charge is 0.468 e. The smallest absolute Gasteiger partial charge is 0.319 e. The van der Waals surface area contributed by atoms with Crippen molar-refractivity contribution in [3.63, 3.8) is 0 Å². The maximum Gasteiger partial charge on any atom is 0.319 e. The summed E-state index contributed by atoms with van der Waals surface area (Å²) >= 11 is 0. The molecule has 9 heteroatoms. The summed E-state index contributed by atoms with van der Waals surface area (Å²) in [5.74, 6) is -4.37. The van der Waals surface area contributed by atoms with Crippen LogP contribution in [-0.4, -0.2) is 60.0 Å². The van der Waals surface area contributed by atoms with E-state index in [9.17, 15) is 19.5 Å². The van der Waals surface area contributed by atoms with Gasteiger partial charge in [-0.1, -0.05) is 12.5 Å². The van der Waals surface area contributed by atoms with Gasteiger partial charge in [0.05, 0.1) is 31.0 Å². The van der Waals surface area contributed by atoms with Crippen molar-refractivity contribution >= 4 is 17.9 Å². The highest BCUT2D eigenvalue weighted by atomic mass is 16.7. The first-order chi connectivity index (χ1) is 16.2. The second-order valence-corrected chi connectivity index (χ2v) is 11.9. The molecule has 2 aliphatic carbocycles. The maximum atomic E-state index is 14.1. The van der Waals surface area contributed by atoms with E-state index >= 15 is 0 Å². The van der Waals surface area contributed by atoms with Crippen LogP contribution in [0.25, 0.3) is 0 Å². The molecule has 0 aromatic heterocycles. The highest BCUT2D eigenvalue weighted by molar-refractivity contribution is 5.89. The van der Waals surface area contributed by atoms with Crippen LogP contribution < -0.4 is 0 Å². The molecule has 6 aliphatic rings. The minimum absolute atomic E-state index is 0.0963. The van der Waals surface area contributed by atoms with Crippen molar-refractivity contribution in [1.29, 1.82) is 0 Å². The summed E-state index contributed by atoms with van der Waals surface area (Å²) in [6, 6.07) is 0. The normalized spacial score (nSPS) is 49.1. The fourth-order valence-electron chi connectivity index (χ4n) is 8.50. The average Bonchev–Trinajstić information content (AvgIpc) is 3.10. The lowest BCUT2D eigenvalue weighted by Gasteiger charge is -2.61. The van der Waals surface area contributed by atoms with Crippen molar-refractivity contribution in [3.8, 4) is 0 Å². The van der Waals surface area contributed by atoms with Gasteiger partial charge in [0.2, 0.25) is 12.1 Å². The van der Waals surface area contributed by atoms with Crippen LogP contribution in [0.5, 0.6) is 0 Å². The van der Waals surface area contributed by atoms with E-state index in [-0.39, 0.29) is 18.8 Å². The van der Waals surface area contributed by atoms with Gasteiger partial charge in [-0.05, 0) is 57.8 Å². The Balaban J connectivity index is 1.73. The van der Waals surface area contributed by atoms with Gasteiger partial charge in [-0.3, -0.25) is 14.4 Å². The first-order valence-corrected chi connectivity index (χ1v) is 12.2. The second-order valence-electron chi connectivity index (χ2n) is 11.9. The van der Waals surface area contributed by atoms with Crippen molar-refractivity contribution in [2.45, 2.75) is 90.7 Å². The molecule has 0 aromatic rings. The molecule has 9 nitrogen and oxygen atoms in total. The summed E-state index contributed by atoms with van der Waals surface area (Å²) in [6.45, 7) is 10.9. The van der Waals surface area contributed by atoms with E-state index in [1.165, 1.54) is 7.11 Å². The lowest BCUT2D eigenvalue weighted by Crippen LogP contribution is -2.74. The Hall–Kier alpha value is -2.23. The zero-order valence-corrected chi connectivity index (χ0v) is 21.1. The first-order valence-electron chi connectivity index (χ1n) is 12.2. The Kier molecular flexibility index (Phi) is 4.21. The highest BCUT2D eigenvalue weighted by Gasteiger charge is 2.90. The lowest BCUT2D eigenvalue weighted by molar-refractivity contribution is -0.371. The van der Waals surface area contributed by atoms with Crippen molar-refractivity contribution in [1.82, 2.24) is 0 Å².